The van der Waals surface area contributed by atoms with Crippen molar-refractivity contribution in [3.63, 3.8) is 0 Å². The van der Waals surface area contributed by atoms with E-state index in [4.69, 9.17) is 4.74 Å². The average Bonchev–Trinajstić information content (AvgIpc) is 2.45. The lowest BCUT2D eigenvalue weighted by Gasteiger charge is -2.21. The first-order chi connectivity index (χ1) is 10.0. The van der Waals surface area contributed by atoms with Gasteiger partial charge in [0.05, 0.1) is 13.2 Å². The molecule has 0 aromatic heterocycles. The minimum atomic E-state index is -2.52. The Morgan fingerprint density at radius 3 is 2.62 bits per heavy atom. The van der Waals surface area contributed by atoms with Crippen LogP contribution in [-0.2, 0) is 9.53 Å². The molecule has 3 nitrogen and oxygen atoms in total. The van der Waals surface area contributed by atoms with E-state index in [1.54, 1.807) is 0 Å². The van der Waals surface area contributed by atoms with Gasteiger partial charge in [0, 0.05) is 35.2 Å². The first kappa shape index (κ1) is 18.4. The second kappa shape index (κ2) is 10.1. The molecule has 0 bridgehead atoms. The summed E-state index contributed by atoms with van der Waals surface area (Å²) in [6.07, 6.45) is -2.29. The van der Waals surface area contributed by atoms with Crippen molar-refractivity contribution in [1.82, 2.24) is 4.90 Å². The summed E-state index contributed by atoms with van der Waals surface area (Å²) in [4.78, 5) is 14.2. The number of ether oxygens (including phenoxy) is 1. The number of rotatable bonds is 9. The molecule has 1 amide bonds. The molecule has 0 unspecified atom stereocenters. The monoisotopic (exact) mass is 381 g/mol. The van der Waals surface area contributed by atoms with Crippen molar-refractivity contribution in [2.24, 2.45) is 0 Å². The van der Waals surface area contributed by atoms with Crippen LogP contribution in [0.4, 0.5) is 8.78 Å². The predicted molar refractivity (Wildman–Crippen MR) is 83.9 cm³/mol. The van der Waals surface area contributed by atoms with E-state index in [1.807, 2.05) is 24.3 Å². The van der Waals surface area contributed by atoms with Crippen LogP contribution in [0, 0.1) is 0 Å². The van der Waals surface area contributed by atoms with E-state index in [-0.39, 0.29) is 25.5 Å². The Morgan fingerprint density at radius 1 is 1.38 bits per heavy atom. The van der Waals surface area contributed by atoms with Gasteiger partial charge in [0.25, 0.3) is 6.43 Å². The molecule has 118 valence electrons. The molecular weight excluding hydrogens is 364 g/mol. The van der Waals surface area contributed by atoms with Crippen molar-refractivity contribution >= 4 is 33.6 Å². The third-order valence-electron chi connectivity index (χ3n) is 2.67. The van der Waals surface area contributed by atoms with Gasteiger partial charge in [-0.25, -0.2) is 8.78 Å². The number of benzene rings is 1. The zero-order chi connectivity index (χ0) is 15.7. The van der Waals surface area contributed by atoms with Gasteiger partial charge in [-0.05, 0) is 24.3 Å². The molecule has 0 spiro atoms. The number of alkyl halides is 2. The molecule has 0 heterocycles. The number of thioether (sulfide) groups is 1. The van der Waals surface area contributed by atoms with Crippen LogP contribution in [0.2, 0.25) is 0 Å². The number of halogens is 3. The van der Waals surface area contributed by atoms with Crippen molar-refractivity contribution in [2.45, 2.75) is 17.7 Å². The molecule has 0 aliphatic rings. The zero-order valence-corrected chi connectivity index (χ0v) is 14.1. The van der Waals surface area contributed by atoms with Gasteiger partial charge in [0.15, 0.2) is 0 Å². The molecule has 1 aromatic rings. The van der Waals surface area contributed by atoms with Gasteiger partial charge in [-0.15, -0.1) is 11.8 Å². The van der Waals surface area contributed by atoms with Gasteiger partial charge in [0.1, 0.15) is 0 Å². The van der Waals surface area contributed by atoms with E-state index in [2.05, 4.69) is 15.9 Å². The van der Waals surface area contributed by atoms with Crippen LogP contribution >= 0.6 is 27.7 Å². The maximum absolute atomic E-state index is 12.5. The van der Waals surface area contributed by atoms with Gasteiger partial charge in [0.2, 0.25) is 5.91 Å². The molecule has 7 heteroatoms. The quantitative estimate of drug-likeness (QED) is 0.611. The number of nitrogens with zero attached hydrogens (tertiary/aromatic N) is 1. The summed E-state index contributed by atoms with van der Waals surface area (Å²) < 4.78 is 30.7. The minimum absolute atomic E-state index is 0.197. The summed E-state index contributed by atoms with van der Waals surface area (Å²) in [6.45, 7) is -0.0773. The normalized spacial score (nSPS) is 10.9. The van der Waals surface area contributed by atoms with Gasteiger partial charge < -0.3 is 9.64 Å². The van der Waals surface area contributed by atoms with Crippen LogP contribution in [0.25, 0.3) is 0 Å². The Labute approximate surface area is 136 Å². The molecule has 0 aliphatic heterocycles. The van der Waals surface area contributed by atoms with Crippen molar-refractivity contribution in [1.29, 1.82) is 0 Å². The number of amides is 1. The standard InChI is InChI=1S/C14H18BrF2NO2S/c1-20-8-7-18(10-13(16)17)14(19)6-9-21-12-4-2-11(15)3-5-12/h2-5,13H,6-10H2,1H3. The molecule has 0 aliphatic carbocycles. The Bertz CT molecular complexity index is 431. The van der Waals surface area contributed by atoms with Crippen LogP contribution in [0.3, 0.4) is 0 Å². The summed E-state index contributed by atoms with van der Waals surface area (Å²) in [5.74, 6) is 0.296. The molecule has 1 aromatic carbocycles. The van der Waals surface area contributed by atoms with E-state index >= 15 is 0 Å². The second-order valence-electron chi connectivity index (χ2n) is 4.28. The molecule has 0 radical (unpaired) electrons. The van der Waals surface area contributed by atoms with Crippen molar-refractivity contribution < 1.29 is 18.3 Å². The van der Waals surface area contributed by atoms with Gasteiger partial charge >= 0.3 is 0 Å². The summed E-state index contributed by atoms with van der Waals surface area (Å²) in [7, 11) is 1.48. The Morgan fingerprint density at radius 2 is 2.05 bits per heavy atom. The number of carbonyl (C=O) groups is 1. The van der Waals surface area contributed by atoms with E-state index in [0.29, 0.717) is 5.75 Å². The fourth-order valence-corrected chi connectivity index (χ4v) is 2.74. The van der Waals surface area contributed by atoms with Crippen LogP contribution in [-0.4, -0.2) is 49.8 Å². The van der Waals surface area contributed by atoms with E-state index < -0.39 is 13.0 Å². The molecule has 0 N–H and O–H groups in total. The number of hydrogen-bond acceptors (Lipinski definition) is 3. The summed E-state index contributed by atoms with van der Waals surface area (Å²) in [6, 6.07) is 7.74. The highest BCUT2D eigenvalue weighted by Crippen LogP contribution is 2.21. The van der Waals surface area contributed by atoms with Gasteiger partial charge in [-0.2, -0.15) is 0 Å². The van der Waals surface area contributed by atoms with E-state index in [9.17, 15) is 13.6 Å². The molecule has 1 rings (SSSR count). The predicted octanol–water partition coefficient (Wildman–Crippen LogP) is 3.67. The Balaban J connectivity index is 2.39. The first-order valence-corrected chi connectivity index (χ1v) is 8.24. The van der Waals surface area contributed by atoms with E-state index in [1.165, 1.54) is 18.9 Å². The highest BCUT2D eigenvalue weighted by atomic mass is 79.9. The lowest BCUT2D eigenvalue weighted by molar-refractivity contribution is -0.133. The fraction of sp³-hybridized carbons (Fsp3) is 0.500. The molecule has 21 heavy (non-hydrogen) atoms. The summed E-state index contributed by atoms with van der Waals surface area (Å²) >= 11 is 4.88. The Hall–Kier alpha value is -0.660. The second-order valence-corrected chi connectivity index (χ2v) is 6.36. The third kappa shape index (κ3) is 7.78. The van der Waals surface area contributed by atoms with Crippen molar-refractivity contribution in [3.05, 3.63) is 28.7 Å². The SMILES string of the molecule is COCCN(CC(F)F)C(=O)CCSc1ccc(Br)cc1. The molecular formula is C14H18BrF2NO2S. The first-order valence-electron chi connectivity index (χ1n) is 6.46. The minimum Gasteiger partial charge on any atom is -0.383 e. The largest absolute Gasteiger partial charge is 0.383 e. The lowest BCUT2D eigenvalue weighted by Crippen LogP contribution is -2.37. The lowest BCUT2D eigenvalue weighted by atomic mass is 10.3. The van der Waals surface area contributed by atoms with Crippen LogP contribution in [0.15, 0.2) is 33.6 Å². The highest BCUT2D eigenvalue weighted by molar-refractivity contribution is 9.10. The van der Waals surface area contributed by atoms with Crippen LogP contribution in [0.5, 0.6) is 0 Å². The van der Waals surface area contributed by atoms with Gasteiger partial charge in [-0.3, -0.25) is 4.79 Å². The fourth-order valence-electron chi connectivity index (χ4n) is 1.63. The van der Waals surface area contributed by atoms with E-state index in [0.717, 1.165) is 14.3 Å². The maximum atomic E-state index is 12.5. The summed E-state index contributed by atoms with van der Waals surface area (Å²) in [5.41, 5.74) is 0. The summed E-state index contributed by atoms with van der Waals surface area (Å²) in [5, 5.41) is 0. The molecule has 0 saturated heterocycles. The smallest absolute Gasteiger partial charge is 0.255 e. The molecule has 0 fully saturated rings. The van der Waals surface area contributed by atoms with Crippen LogP contribution < -0.4 is 0 Å². The molecule has 0 saturated carbocycles. The number of hydrogen-bond donors (Lipinski definition) is 0. The third-order valence-corrected chi connectivity index (χ3v) is 4.22. The molecule has 0 atom stereocenters. The van der Waals surface area contributed by atoms with Gasteiger partial charge in [-0.1, -0.05) is 15.9 Å². The highest BCUT2D eigenvalue weighted by Gasteiger charge is 2.17. The zero-order valence-electron chi connectivity index (χ0n) is 11.7. The maximum Gasteiger partial charge on any atom is 0.255 e. The topological polar surface area (TPSA) is 29.5 Å². The average molecular weight is 382 g/mol. The van der Waals surface area contributed by atoms with Crippen molar-refractivity contribution in [3.8, 4) is 0 Å². The number of methoxy groups -OCH3 is 1. The van der Waals surface area contributed by atoms with Crippen molar-refractivity contribution in [2.75, 3.05) is 32.6 Å². The Kier molecular flexibility index (Phi) is 8.87. The number of carbonyl (C=O) groups excluding carboxylic acids is 1. The van der Waals surface area contributed by atoms with Crippen LogP contribution in [0.1, 0.15) is 6.42 Å².